The van der Waals surface area contributed by atoms with E-state index >= 15 is 0 Å². The van der Waals surface area contributed by atoms with Gasteiger partial charge in [-0.1, -0.05) is 37.3 Å². The number of nitrogens with one attached hydrogen (secondary N) is 2. The Hall–Kier alpha value is -2.17. The van der Waals surface area contributed by atoms with E-state index in [1.54, 1.807) is 4.90 Å². The molecule has 0 saturated carbocycles. The highest BCUT2D eigenvalue weighted by Gasteiger charge is 2.31. The number of carbonyl (C=O) groups is 1. The molecule has 22 heavy (non-hydrogen) atoms. The van der Waals surface area contributed by atoms with Gasteiger partial charge in [0.25, 0.3) is 5.91 Å². The van der Waals surface area contributed by atoms with E-state index in [0.717, 1.165) is 38.2 Å². The summed E-state index contributed by atoms with van der Waals surface area (Å²) in [5, 5.41) is 11.2. The minimum Gasteiger partial charge on any atom is -0.367 e. The van der Waals surface area contributed by atoms with Crippen molar-refractivity contribution < 1.29 is 4.79 Å². The van der Waals surface area contributed by atoms with E-state index in [-0.39, 0.29) is 17.8 Å². The summed E-state index contributed by atoms with van der Waals surface area (Å²) < 4.78 is 0. The molecule has 0 spiro atoms. The number of likely N-dealkylation sites (tertiary alicyclic amines) is 1. The predicted octanol–water partition coefficient (Wildman–Crippen LogP) is 2.36. The van der Waals surface area contributed by atoms with Crippen molar-refractivity contribution in [2.24, 2.45) is 10.9 Å². The summed E-state index contributed by atoms with van der Waals surface area (Å²) >= 11 is 0. The van der Waals surface area contributed by atoms with Gasteiger partial charge in [0.1, 0.15) is 5.84 Å². The highest BCUT2D eigenvalue weighted by atomic mass is 16.2. The fraction of sp³-hybridized carbons (Fsp3) is 0.471. The zero-order valence-corrected chi connectivity index (χ0v) is 12.9. The molecule has 1 unspecified atom stereocenters. The zero-order chi connectivity index (χ0) is 15.5. The first-order valence-electron chi connectivity index (χ1n) is 7.94. The van der Waals surface area contributed by atoms with Crippen LogP contribution in [0.25, 0.3) is 0 Å². The lowest BCUT2D eigenvalue weighted by Gasteiger charge is -2.38. The average Bonchev–Trinajstić information content (AvgIpc) is 2.95. The van der Waals surface area contributed by atoms with Gasteiger partial charge in [0.05, 0.1) is 6.04 Å². The number of amidine groups is 2. The van der Waals surface area contributed by atoms with Crippen molar-refractivity contribution in [1.29, 1.82) is 5.41 Å². The molecule has 2 heterocycles. The summed E-state index contributed by atoms with van der Waals surface area (Å²) in [5.74, 6) is 0.948. The van der Waals surface area contributed by atoms with Crippen molar-refractivity contribution in [3.63, 3.8) is 0 Å². The van der Waals surface area contributed by atoms with Crippen LogP contribution in [0.4, 0.5) is 0 Å². The Morgan fingerprint density at radius 3 is 2.77 bits per heavy atom. The number of amides is 1. The van der Waals surface area contributed by atoms with E-state index in [1.165, 1.54) is 5.56 Å². The molecule has 116 valence electrons. The predicted molar refractivity (Wildman–Crippen MR) is 87.1 cm³/mol. The first-order chi connectivity index (χ1) is 10.7. The van der Waals surface area contributed by atoms with Gasteiger partial charge in [-0.2, -0.15) is 0 Å². The van der Waals surface area contributed by atoms with E-state index in [2.05, 4.69) is 29.4 Å². The standard InChI is InChI=1S/C17H22N4O/c1-2-12-10-21(11-12)17(22)16(18)20-15-9-8-14(19-15)13-6-4-3-5-7-13/h3-7,12,14H,2,8-11H2,1H3,(H2,18,19,20). The maximum atomic E-state index is 12.1. The van der Waals surface area contributed by atoms with E-state index in [9.17, 15) is 4.79 Å². The molecule has 2 N–H and O–H groups in total. The molecule has 0 radical (unpaired) electrons. The monoisotopic (exact) mass is 298 g/mol. The minimum atomic E-state index is -0.248. The van der Waals surface area contributed by atoms with Crippen LogP contribution in [0.2, 0.25) is 0 Å². The molecule has 2 saturated heterocycles. The van der Waals surface area contributed by atoms with Gasteiger partial charge in [0, 0.05) is 19.5 Å². The molecule has 2 aliphatic rings. The Morgan fingerprint density at radius 2 is 2.09 bits per heavy atom. The Morgan fingerprint density at radius 1 is 1.36 bits per heavy atom. The van der Waals surface area contributed by atoms with Gasteiger partial charge < -0.3 is 10.2 Å². The van der Waals surface area contributed by atoms with E-state index in [4.69, 9.17) is 5.41 Å². The lowest BCUT2D eigenvalue weighted by molar-refractivity contribution is -0.130. The molecule has 1 atom stereocenters. The van der Waals surface area contributed by atoms with Crippen molar-refractivity contribution in [2.45, 2.75) is 32.2 Å². The first kappa shape index (κ1) is 14.8. The minimum absolute atomic E-state index is 0.147. The number of hydrogen-bond acceptors (Lipinski definition) is 2. The molecular weight excluding hydrogens is 276 g/mol. The molecular formula is C17H22N4O. The van der Waals surface area contributed by atoms with Crippen molar-refractivity contribution in [3.05, 3.63) is 35.9 Å². The van der Waals surface area contributed by atoms with Crippen LogP contribution >= 0.6 is 0 Å². The SMILES string of the molecule is CCC1CN(C(=O)C(=N)/N=C2/CCC(c3ccccc3)N2)C1. The molecule has 5 nitrogen and oxygen atoms in total. The molecule has 3 rings (SSSR count). The van der Waals surface area contributed by atoms with Gasteiger partial charge in [0.2, 0.25) is 5.84 Å². The fourth-order valence-electron chi connectivity index (χ4n) is 2.98. The number of rotatable bonds is 2. The quantitative estimate of drug-likeness (QED) is 0.650. The molecule has 2 fully saturated rings. The smallest absolute Gasteiger partial charge is 0.291 e. The van der Waals surface area contributed by atoms with E-state index < -0.39 is 0 Å². The largest absolute Gasteiger partial charge is 0.367 e. The van der Waals surface area contributed by atoms with Gasteiger partial charge in [0.15, 0.2) is 0 Å². The van der Waals surface area contributed by atoms with Crippen LogP contribution in [0.5, 0.6) is 0 Å². The fourth-order valence-corrected chi connectivity index (χ4v) is 2.98. The molecule has 0 aromatic heterocycles. The Bertz CT molecular complexity index is 590. The van der Waals surface area contributed by atoms with E-state index in [1.807, 2.05) is 18.2 Å². The summed E-state index contributed by atoms with van der Waals surface area (Å²) in [4.78, 5) is 18.0. The van der Waals surface area contributed by atoms with Crippen LogP contribution in [-0.4, -0.2) is 35.6 Å². The van der Waals surface area contributed by atoms with Crippen LogP contribution in [-0.2, 0) is 4.79 Å². The van der Waals surface area contributed by atoms with Gasteiger partial charge in [-0.3, -0.25) is 10.2 Å². The molecule has 1 aromatic carbocycles. The third kappa shape index (κ3) is 3.03. The normalized spacial score (nSPS) is 23.2. The highest BCUT2D eigenvalue weighted by molar-refractivity contribution is 6.38. The molecule has 1 aromatic rings. The summed E-state index contributed by atoms with van der Waals surface area (Å²) in [6, 6.07) is 10.4. The second-order valence-corrected chi connectivity index (χ2v) is 6.04. The van der Waals surface area contributed by atoms with Crippen LogP contribution in [0, 0.1) is 11.3 Å². The molecule has 2 aliphatic heterocycles. The van der Waals surface area contributed by atoms with Crippen molar-refractivity contribution >= 4 is 17.6 Å². The van der Waals surface area contributed by atoms with Gasteiger partial charge in [-0.15, -0.1) is 0 Å². The molecule has 0 bridgehead atoms. The number of nitrogens with zero attached hydrogens (tertiary/aromatic N) is 2. The molecule has 1 amide bonds. The number of benzene rings is 1. The van der Waals surface area contributed by atoms with E-state index in [0.29, 0.717) is 5.92 Å². The maximum Gasteiger partial charge on any atom is 0.291 e. The van der Waals surface area contributed by atoms with Crippen LogP contribution in [0.3, 0.4) is 0 Å². The average molecular weight is 298 g/mol. The summed E-state index contributed by atoms with van der Waals surface area (Å²) in [5.41, 5.74) is 1.22. The first-order valence-corrected chi connectivity index (χ1v) is 7.94. The second-order valence-electron chi connectivity index (χ2n) is 6.04. The van der Waals surface area contributed by atoms with Crippen LogP contribution in [0.15, 0.2) is 35.3 Å². The van der Waals surface area contributed by atoms with Crippen molar-refractivity contribution in [3.8, 4) is 0 Å². The van der Waals surface area contributed by atoms with Crippen LogP contribution in [0.1, 0.15) is 37.8 Å². The zero-order valence-electron chi connectivity index (χ0n) is 12.9. The third-order valence-electron chi connectivity index (χ3n) is 4.48. The van der Waals surface area contributed by atoms with Crippen molar-refractivity contribution in [1.82, 2.24) is 10.2 Å². The number of carbonyl (C=O) groups excluding carboxylic acids is 1. The molecule has 5 heteroatoms. The number of aliphatic imine (C=N–C) groups is 1. The summed E-state index contributed by atoms with van der Waals surface area (Å²) in [6.45, 7) is 3.66. The highest BCUT2D eigenvalue weighted by Crippen LogP contribution is 2.24. The lowest BCUT2D eigenvalue weighted by atomic mass is 9.97. The number of hydrogen-bond donors (Lipinski definition) is 2. The summed E-state index contributed by atoms with van der Waals surface area (Å²) in [6.07, 6.45) is 2.82. The molecule has 0 aliphatic carbocycles. The Labute approximate surface area is 130 Å². The van der Waals surface area contributed by atoms with Gasteiger partial charge >= 0.3 is 0 Å². The Balaban J connectivity index is 1.57. The van der Waals surface area contributed by atoms with Gasteiger partial charge in [-0.25, -0.2) is 4.99 Å². The second kappa shape index (κ2) is 6.30. The van der Waals surface area contributed by atoms with Crippen LogP contribution < -0.4 is 5.32 Å². The Kier molecular flexibility index (Phi) is 4.22. The van der Waals surface area contributed by atoms with Crippen molar-refractivity contribution in [2.75, 3.05) is 13.1 Å². The maximum absolute atomic E-state index is 12.1. The topological polar surface area (TPSA) is 68.5 Å². The summed E-state index contributed by atoms with van der Waals surface area (Å²) in [7, 11) is 0. The lowest BCUT2D eigenvalue weighted by Crippen LogP contribution is -2.51. The third-order valence-corrected chi connectivity index (χ3v) is 4.48. The van der Waals surface area contributed by atoms with Gasteiger partial charge in [-0.05, 0) is 24.3 Å².